The summed E-state index contributed by atoms with van der Waals surface area (Å²) < 4.78 is 5.03. The number of guanidine groups is 1. The van der Waals surface area contributed by atoms with Crippen LogP contribution in [0.4, 0.5) is 9.59 Å². The third-order valence-corrected chi connectivity index (χ3v) is 5.47. The highest BCUT2D eigenvalue weighted by molar-refractivity contribution is 6.05. The van der Waals surface area contributed by atoms with Crippen LogP contribution in [0.15, 0.2) is 30.3 Å². The molecule has 1 aromatic carbocycles. The number of hydrogen-bond donors (Lipinski definition) is 6. The van der Waals surface area contributed by atoms with E-state index in [-0.39, 0.29) is 19.1 Å². The van der Waals surface area contributed by atoms with Gasteiger partial charge in [-0.3, -0.25) is 20.4 Å². The number of nitrogens with one attached hydrogen (secondary N) is 4. The number of unbranched alkanes of at least 4 members (excludes halogenated alkanes) is 2. The Morgan fingerprint density at radius 1 is 1.24 bits per heavy atom. The number of rotatable bonds is 14. The molecule has 208 valence electrons. The Balaban J connectivity index is 2.08. The third-order valence-electron chi connectivity index (χ3n) is 5.47. The molecule has 0 unspecified atom stereocenters. The number of carboxylic acid groups (broad SMARTS) is 1. The number of carbonyl (C=O) groups is 5. The number of ether oxygens (including phenoxy) is 1. The molecule has 1 aliphatic rings. The van der Waals surface area contributed by atoms with Crippen molar-refractivity contribution in [1.82, 2.24) is 31.1 Å². The average Bonchev–Trinajstić information content (AvgIpc) is 3.12. The summed E-state index contributed by atoms with van der Waals surface area (Å²) in [5.41, 5.74) is 8.71. The van der Waals surface area contributed by atoms with Crippen LogP contribution in [0.1, 0.15) is 38.7 Å². The molecule has 15 heteroatoms. The first kappa shape index (κ1) is 29.8. The van der Waals surface area contributed by atoms with Gasteiger partial charge in [0.05, 0.1) is 6.54 Å². The lowest BCUT2D eigenvalue weighted by molar-refractivity contribution is -0.156. The summed E-state index contributed by atoms with van der Waals surface area (Å²) in [5.74, 6) is -3.48. The summed E-state index contributed by atoms with van der Waals surface area (Å²) in [6.07, 6.45) is 1.51. The third kappa shape index (κ3) is 8.92. The molecule has 1 aliphatic heterocycles. The predicted molar refractivity (Wildman–Crippen MR) is 134 cm³/mol. The molecule has 0 bridgehead atoms. The molecule has 1 aromatic rings. The van der Waals surface area contributed by atoms with Gasteiger partial charge in [-0.15, -0.1) is 0 Å². The summed E-state index contributed by atoms with van der Waals surface area (Å²) in [4.78, 5) is 62.2. The summed E-state index contributed by atoms with van der Waals surface area (Å²) in [7, 11) is 0. The molecule has 0 spiro atoms. The average molecular weight is 535 g/mol. The van der Waals surface area contributed by atoms with Gasteiger partial charge in [0.15, 0.2) is 0 Å². The molecular formula is C23H34N8O7. The number of amides is 5. The van der Waals surface area contributed by atoms with Gasteiger partial charge in [-0.25, -0.2) is 24.4 Å². The van der Waals surface area contributed by atoms with Crippen LogP contribution in [-0.2, 0) is 25.7 Å². The quantitative estimate of drug-likeness (QED) is 0.0615. The molecule has 0 radical (unpaired) electrons. The lowest BCUT2D eigenvalue weighted by Crippen LogP contribution is -2.57. The zero-order valence-electron chi connectivity index (χ0n) is 21.3. The molecule has 38 heavy (non-hydrogen) atoms. The van der Waals surface area contributed by atoms with Gasteiger partial charge in [-0.1, -0.05) is 50.1 Å². The number of hydrazine groups is 2. The van der Waals surface area contributed by atoms with Crippen molar-refractivity contribution in [3.05, 3.63) is 35.9 Å². The van der Waals surface area contributed by atoms with Crippen molar-refractivity contribution in [1.29, 1.82) is 5.41 Å². The minimum Gasteiger partial charge on any atom is -0.480 e. The predicted octanol–water partition coefficient (Wildman–Crippen LogP) is -0.0598. The molecule has 2 rings (SSSR count). The van der Waals surface area contributed by atoms with Gasteiger partial charge in [-0.05, 0) is 12.0 Å². The van der Waals surface area contributed by atoms with Gasteiger partial charge in [0.2, 0.25) is 11.9 Å². The van der Waals surface area contributed by atoms with Crippen LogP contribution >= 0.6 is 0 Å². The van der Waals surface area contributed by atoms with Crippen molar-refractivity contribution in [2.45, 2.75) is 51.8 Å². The number of imide groups is 1. The lowest BCUT2D eigenvalue weighted by Gasteiger charge is -2.30. The number of hydrogen-bond acceptors (Lipinski definition) is 8. The lowest BCUT2D eigenvalue weighted by atomic mass is 10.2. The zero-order chi connectivity index (χ0) is 28.2. The molecule has 15 nitrogen and oxygen atoms in total. The maximum atomic E-state index is 13.1. The van der Waals surface area contributed by atoms with Gasteiger partial charge in [0.25, 0.3) is 5.91 Å². The Bertz CT molecular complexity index is 1020. The molecule has 7 N–H and O–H groups in total. The normalized spacial score (nSPS) is 15.6. The van der Waals surface area contributed by atoms with E-state index in [0.717, 1.165) is 26.2 Å². The maximum absolute atomic E-state index is 13.1. The first-order chi connectivity index (χ1) is 18.0. The number of carbonyl (C=O) groups excluding carboxylic acids is 4. The van der Waals surface area contributed by atoms with Crippen LogP contribution in [0.2, 0.25) is 0 Å². The summed E-state index contributed by atoms with van der Waals surface area (Å²) in [6, 6.07) is 4.96. The van der Waals surface area contributed by atoms with E-state index >= 15 is 0 Å². The number of alkyl carbamates (subject to hydrolysis) is 1. The Kier molecular flexibility index (Phi) is 11.3. The Morgan fingerprint density at radius 2 is 1.92 bits per heavy atom. The number of urea groups is 1. The van der Waals surface area contributed by atoms with E-state index in [1.807, 2.05) is 6.92 Å². The zero-order valence-corrected chi connectivity index (χ0v) is 21.3. The summed E-state index contributed by atoms with van der Waals surface area (Å²) >= 11 is 0. The second-order valence-electron chi connectivity index (χ2n) is 8.53. The number of carboxylic acids is 1. The fourth-order valence-corrected chi connectivity index (χ4v) is 3.62. The first-order valence-corrected chi connectivity index (χ1v) is 12.0. The molecule has 5 amide bonds. The topological polar surface area (TPSA) is 210 Å². The highest BCUT2D eigenvalue weighted by Crippen LogP contribution is 2.13. The Morgan fingerprint density at radius 3 is 2.50 bits per heavy atom. The highest BCUT2D eigenvalue weighted by atomic mass is 16.5. The molecule has 0 aliphatic carbocycles. The molecule has 1 saturated heterocycles. The number of nitrogens with zero attached hydrogens (tertiary/aromatic N) is 3. The standard InChI is InChI=1S/C23H34N8O7/c1-3-4-8-11-29(28-21(24)25)12-17-19(33)31(22(36)26-17)30(15(2)32)13-18(20(34)35)27-23(37)38-14-16-9-6-5-7-10-16/h5-7,9-10,17-18H,3-4,8,11-14H2,1-2H3,(H,26,36)(H,27,37)(H,34,35)(H4,24,25,28)/t17-,18-/m0/s1. The molecule has 2 atom stereocenters. The van der Waals surface area contributed by atoms with E-state index in [9.17, 15) is 29.1 Å². The van der Waals surface area contributed by atoms with Crippen molar-refractivity contribution >= 4 is 35.9 Å². The van der Waals surface area contributed by atoms with Crippen LogP contribution in [-0.4, -0.2) is 87.7 Å². The highest BCUT2D eigenvalue weighted by Gasteiger charge is 2.44. The second kappa shape index (κ2) is 14.4. The second-order valence-corrected chi connectivity index (χ2v) is 8.53. The van der Waals surface area contributed by atoms with E-state index in [1.165, 1.54) is 5.01 Å². The molecule has 1 fully saturated rings. The van der Waals surface area contributed by atoms with Crippen LogP contribution in [0.25, 0.3) is 0 Å². The van der Waals surface area contributed by atoms with Gasteiger partial charge in [0.1, 0.15) is 18.7 Å². The molecule has 0 saturated carbocycles. The molecule has 0 aromatic heterocycles. The van der Waals surface area contributed by atoms with E-state index in [1.54, 1.807) is 30.3 Å². The van der Waals surface area contributed by atoms with Gasteiger partial charge < -0.3 is 26.2 Å². The monoisotopic (exact) mass is 534 g/mol. The SMILES string of the molecule is CCCCCN(C[C@@H]1NC(=O)N(N(C[C@H](NC(=O)OCc2ccccc2)C(=O)O)C(C)=O)C1=O)NC(=N)N. The van der Waals surface area contributed by atoms with Gasteiger partial charge in [0, 0.05) is 20.0 Å². The van der Waals surface area contributed by atoms with Crippen molar-refractivity contribution < 1.29 is 33.8 Å². The van der Waals surface area contributed by atoms with Crippen molar-refractivity contribution in [3.8, 4) is 0 Å². The van der Waals surface area contributed by atoms with Crippen LogP contribution in [0.5, 0.6) is 0 Å². The fraction of sp³-hybridized carbons (Fsp3) is 0.478. The van der Waals surface area contributed by atoms with Crippen LogP contribution < -0.4 is 21.8 Å². The Labute approximate surface area is 219 Å². The first-order valence-electron chi connectivity index (χ1n) is 12.0. The molecular weight excluding hydrogens is 500 g/mol. The summed E-state index contributed by atoms with van der Waals surface area (Å²) in [5, 5.41) is 24.3. The number of aliphatic carboxylic acids is 1. The van der Waals surface area contributed by atoms with Gasteiger partial charge >= 0.3 is 18.1 Å². The number of nitrogens with two attached hydrogens (primary N) is 1. The minimum absolute atomic E-state index is 0.0669. The van der Waals surface area contributed by atoms with Crippen molar-refractivity contribution in [3.63, 3.8) is 0 Å². The van der Waals surface area contributed by atoms with E-state index in [4.69, 9.17) is 15.9 Å². The van der Waals surface area contributed by atoms with Gasteiger partial charge in [-0.2, -0.15) is 5.01 Å². The minimum atomic E-state index is -1.69. The van der Waals surface area contributed by atoms with E-state index in [2.05, 4.69) is 16.1 Å². The Hall–Kier alpha value is -4.40. The number of benzene rings is 1. The van der Waals surface area contributed by atoms with Crippen molar-refractivity contribution in [2.24, 2.45) is 5.73 Å². The van der Waals surface area contributed by atoms with Crippen LogP contribution in [0.3, 0.4) is 0 Å². The maximum Gasteiger partial charge on any atom is 0.408 e. The largest absolute Gasteiger partial charge is 0.480 e. The van der Waals surface area contributed by atoms with Crippen LogP contribution in [0, 0.1) is 5.41 Å². The smallest absolute Gasteiger partial charge is 0.408 e. The fourth-order valence-electron chi connectivity index (χ4n) is 3.62. The van der Waals surface area contributed by atoms with E-state index < -0.39 is 48.5 Å². The summed E-state index contributed by atoms with van der Waals surface area (Å²) in [6.45, 7) is 2.59. The van der Waals surface area contributed by atoms with E-state index in [0.29, 0.717) is 22.1 Å². The van der Waals surface area contributed by atoms with Crippen molar-refractivity contribution in [2.75, 3.05) is 19.6 Å². The molecule has 1 heterocycles.